The van der Waals surface area contributed by atoms with Gasteiger partial charge in [0.2, 0.25) is 0 Å². The Balaban J connectivity index is 2.55. The molecule has 0 saturated heterocycles. The topological polar surface area (TPSA) is 36.4 Å². The summed E-state index contributed by atoms with van der Waals surface area (Å²) in [6.45, 7) is 2.06. The van der Waals surface area contributed by atoms with Crippen LogP contribution < -0.4 is 4.90 Å². The highest BCUT2D eigenvalue weighted by Crippen LogP contribution is 2.36. The van der Waals surface area contributed by atoms with Gasteiger partial charge in [0.05, 0.1) is 17.2 Å². The van der Waals surface area contributed by atoms with Crippen molar-refractivity contribution in [1.29, 1.82) is 0 Å². The molecule has 2 aromatic rings. The van der Waals surface area contributed by atoms with Crippen molar-refractivity contribution in [2.45, 2.75) is 13.5 Å². The summed E-state index contributed by atoms with van der Waals surface area (Å²) in [5.41, 5.74) is 3.08. The second-order valence-electron chi connectivity index (χ2n) is 4.30. The van der Waals surface area contributed by atoms with Gasteiger partial charge >= 0.3 is 0 Å². The summed E-state index contributed by atoms with van der Waals surface area (Å²) in [4.78, 5) is 7.44. The Hall–Kier alpha value is -0.910. The van der Waals surface area contributed by atoms with Crippen molar-refractivity contribution in [3.05, 3.63) is 33.1 Å². The highest BCUT2D eigenvalue weighted by molar-refractivity contribution is 9.10. The molecule has 1 aromatic heterocycles. The molecule has 2 rings (SSSR count). The minimum Gasteiger partial charge on any atom is -0.391 e. The van der Waals surface area contributed by atoms with Crippen LogP contribution in [0.25, 0.3) is 11.3 Å². The van der Waals surface area contributed by atoms with Crippen LogP contribution in [-0.4, -0.2) is 24.2 Å². The summed E-state index contributed by atoms with van der Waals surface area (Å²) in [7, 11) is 3.90. The summed E-state index contributed by atoms with van der Waals surface area (Å²) in [6, 6.07) is 6.15. The SMILES string of the molecule is Cc1ccc(-c2nc(N(C)C)sc2CO)c(Br)c1. The molecule has 0 saturated carbocycles. The number of halogens is 1. The number of hydrogen-bond acceptors (Lipinski definition) is 4. The molecule has 0 unspecified atom stereocenters. The molecule has 1 heterocycles. The minimum absolute atomic E-state index is 0.0150. The summed E-state index contributed by atoms with van der Waals surface area (Å²) in [5.74, 6) is 0. The van der Waals surface area contributed by atoms with E-state index < -0.39 is 0 Å². The van der Waals surface area contributed by atoms with Gasteiger partial charge in [0.25, 0.3) is 0 Å². The van der Waals surface area contributed by atoms with Crippen LogP contribution in [0.4, 0.5) is 5.13 Å². The maximum absolute atomic E-state index is 9.46. The van der Waals surface area contributed by atoms with Crippen LogP contribution in [0.2, 0.25) is 0 Å². The quantitative estimate of drug-likeness (QED) is 0.938. The van der Waals surface area contributed by atoms with Gasteiger partial charge in [-0.1, -0.05) is 39.4 Å². The van der Waals surface area contributed by atoms with Crippen molar-refractivity contribution >= 4 is 32.4 Å². The van der Waals surface area contributed by atoms with Gasteiger partial charge in [0.15, 0.2) is 5.13 Å². The van der Waals surface area contributed by atoms with Gasteiger partial charge in [-0.25, -0.2) is 4.98 Å². The van der Waals surface area contributed by atoms with Gasteiger partial charge in [0.1, 0.15) is 0 Å². The van der Waals surface area contributed by atoms with Crippen molar-refractivity contribution < 1.29 is 5.11 Å². The van der Waals surface area contributed by atoms with E-state index in [-0.39, 0.29) is 6.61 Å². The third-order valence-electron chi connectivity index (χ3n) is 2.59. The zero-order chi connectivity index (χ0) is 13.3. The fourth-order valence-corrected chi connectivity index (χ4v) is 3.20. The van der Waals surface area contributed by atoms with Crippen LogP contribution in [0.15, 0.2) is 22.7 Å². The van der Waals surface area contributed by atoms with Crippen LogP contribution >= 0.6 is 27.3 Å². The van der Waals surface area contributed by atoms with Crippen LogP contribution in [0.3, 0.4) is 0 Å². The monoisotopic (exact) mass is 326 g/mol. The Morgan fingerprint density at radius 1 is 1.39 bits per heavy atom. The molecule has 0 radical (unpaired) electrons. The first-order chi connectivity index (χ1) is 8.52. The highest BCUT2D eigenvalue weighted by atomic mass is 79.9. The van der Waals surface area contributed by atoms with Crippen LogP contribution in [-0.2, 0) is 6.61 Å². The maximum atomic E-state index is 9.46. The van der Waals surface area contributed by atoms with E-state index in [1.807, 2.05) is 32.0 Å². The van der Waals surface area contributed by atoms with Crippen LogP contribution in [0, 0.1) is 6.92 Å². The summed E-state index contributed by atoms with van der Waals surface area (Å²) in [6.07, 6.45) is 0. The van der Waals surface area contributed by atoms with E-state index in [9.17, 15) is 5.11 Å². The predicted octanol–water partition coefficient (Wildman–Crippen LogP) is 3.44. The molecule has 5 heteroatoms. The van der Waals surface area contributed by atoms with Crippen LogP contribution in [0.5, 0.6) is 0 Å². The molecule has 0 aliphatic heterocycles. The van der Waals surface area contributed by atoms with E-state index in [0.717, 1.165) is 25.7 Å². The predicted molar refractivity (Wildman–Crippen MR) is 80.2 cm³/mol. The van der Waals surface area contributed by atoms with E-state index in [1.165, 1.54) is 16.9 Å². The number of thiazole rings is 1. The molecule has 1 aromatic carbocycles. The maximum Gasteiger partial charge on any atom is 0.185 e. The first kappa shape index (κ1) is 13.5. The number of anilines is 1. The molecule has 0 spiro atoms. The number of aromatic nitrogens is 1. The number of benzene rings is 1. The van der Waals surface area contributed by atoms with Gasteiger partial charge in [-0.3, -0.25) is 0 Å². The summed E-state index contributed by atoms with van der Waals surface area (Å²) in [5, 5.41) is 10.4. The van der Waals surface area contributed by atoms with E-state index in [1.54, 1.807) is 0 Å². The van der Waals surface area contributed by atoms with Crippen molar-refractivity contribution in [3.8, 4) is 11.3 Å². The zero-order valence-corrected chi connectivity index (χ0v) is 13.0. The Labute approximate surface area is 119 Å². The zero-order valence-electron chi connectivity index (χ0n) is 10.6. The molecule has 0 amide bonds. The lowest BCUT2D eigenvalue weighted by atomic mass is 10.1. The Kier molecular flexibility index (Phi) is 4.04. The third kappa shape index (κ3) is 2.58. The normalized spacial score (nSPS) is 10.7. The number of nitrogens with zero attached hydrogens (tertiary/aromatic N) is 2. The molecule has 3 nitrogen and oxygen atoms in total. The van der Waals surface area contributed by atoms with E-state index in [4.69, 9.17) is 0 Å². The molecular weight excluding hydrogens is 312 g/mol. The fraction of sp³-hybridized carbons (Fsp3) is 0.308. The smallest absolute Gasteiger partial charge is 0.185 e. The standard InChI is InChI=1S/C13H15BrN2OS/c1-8-4-5-9(10(14)6-8)12-11(7-17)18-13(15-12)16(2)3/h4-6,17H,7H2,1-3H3. The Morgan fingerprint density at radius 3 is 2.67 bits per heavy atom. The van der Waals surface area contributed by atoms with Crippen molar-refractivity contribution in [2.75, 3.05) is 19.0 Å². The number of aryl methyl sites for hydroxylation is 1. The average Bonchev–Trinajstić information content (AvgIpc) is 2.73. The largest absolute Gasteiger partial charge is 0.391 e. The van der Waals surface area contributed by atoms with Gasteiger partial charge < -0.3 is 10.0 Å². The minimum atomic E-state index is 0.0150. The lowest BCUT2D eigenvalue weighted by Gasteiger charge is -2.06. The lowest BCUT2D eigenvalue weighted by molar-refractivity contribution is 0.286. The van der Waals surface area contributed by atoms with Gasteiger partial charge in [-0.05, 0) is 18.6 Å². The Bertz CT molecular complexity index is 566. The number of aliphatic hydroxyl groups is 1. The Morgan fingerprint density at radius 2 is 2.11 bits per heavy atom. The van der Waals surface area contributed by atoms with Crippen molar-refractivity contribution in [3.63, 3.8) is 0 Å². The van der Waals surface area contributed by atoms with Crippen molar-refractivity contribution in [2.24, 2.45) is 0 Å². The average molecular weight is 327 g/mol. The van der Waals surface area contributed by atoms with E-state index in [2.05, 4.69) is 33.0 Å². The highest BCUT2D eigenvalue weighted by Gasteiger charge is 2.15. The van der Waals surface area contributed by atoms with Crippen LogP contribution in [0.1, 0.15) is 10.4 Å². The second-order valence-corrected chi connectivity index (χ2v) is 6.22. The molecule has 0 atom stereocenters. The number of rotatable bonds is 3. The summed E-state index contributed by atoms with van der Waals surface area (Å²) >= 11 is 5.08. The fourth-order valence-electron chi connectivity index (χ4n) is 1.66. The van der Waals surface area contributed by atoms with Crippen molar-refractivity contribution in [1.82, 2.24) is 4.98 Å². The molecule has 0 aliphatic rings. The summed E-state index contributed by atoms with van der Waals surface area (Å²) < 4.78 is 1.01. The molecule has 0 aliphatic carbocycles. The van der Waals surface area contributed by atoms with Gasteiger partial charge in [0, 0.05) is 24.1 Å². The number of hydrogen-bond donors (Lipinski definition) is 1. The van der Waals surface area contributed by atoms with Gasteiger partial charge in [-0.15, -0.1) is 0 Å². The van der Waals surface area contributed by atoms with E-state index >= 15 is 0 Å². The van der Waals surface area contributed by atoms with E-state index in [0.29, 0.717) is 0 Å². The molecular formula is C13H15BrN2OS. The molecule has 96 valence electrons. The van der Waals surface area contributed by atoms with Gasteiger partial charge in [-0.2, -0.15) is 0 Å². The lowest BCUT2D eigenvalue weighted by Crippen LogP contribution is -2.07. The molecule has 18 heavy (non-hydrogen) atoms. The number of aliphatic hydroxyl groups excluding tert-OH is 1. The molecule has 0 bridgehead atoms. The first-order valence-electron chi connectivity index (χ1n) is 5.57. The third-order valence-corrected chi connectivity index (χ3v) is 4.46. The first-order valence-corrected chi connectivity index (χ1v) is 7.18. The second kappa shape index (κ2) is 5.38. The molecule has 1 N–H and O–H groups in total. The molecule has 0 fully saturated rings.